The van der Waals surface area contributed by atoms with E-state index in [0.717, 1.165) is 58.0 Å². The second kappa shape index (κ2) is 7.83. The van der Waals surface area contributed by atoms with Gasteiger partial charge in [-0.3, -0.25) is 14.8 Å². The molecule has 1 aromatic carbocycles. The van der Waals surface area contributed by atoms with Crippen LogP contribution in [0.2, 0.25) is 0 Å². The quantitative estimate of drug-likeness (QED) is 0.518. The number of carboxylic acid groups (broad SMARTS) is 1. The zero-order chi connectivity index (χ0) is 21.4. The van der Waals surface area contributed by atoms with E-state index in [0.29, 0.717) is 12.8 Å². The largest absolute Gasteiger partial charge is 0.481 e. The van der Waals surface area contributed by atoms with Gasteiger partial charge in [0.15, 0.2) is 0 Å². The third-order valence-electron chi connectivity index (χ3n) is 5.93. The number of nitrogens with one attached hydrogen (secondary N) is 1. The molecule has 156 valence electrons. The minimum atomic E-state index is -0.696. The van der Waals surface area contributed by atoms with Gasteiger partial charge < -0.3 is 15.0 Å². The topological polar surface area (TPSA) is 95.0 Å². The van der Waals surface area contributed by atoms with E-state index in [2.05, 4.69) is 37.0 Å². The maximum Gasteiger partial charge on any atom is 0.306 e. The van der Waals surface area contributed by atoms with E-state index in [1.807, 2.05) is 43.5 Å². The van der Waals surface area contributed by atoms with Crippen LogP contribution in [0.3, 0.4) is 0 Å². The molecule has 0 spiro atoms. The van der Waals surface area contributed by atoms with Crippen molar-refractivity contribution >= 4 is 22.6 Å². The van der Waals surface area contributed by atoms with Crippen molar-refractivity contribution in [3.8, 4) is 22.6 Å². The van der Waals surface area contributed by atoms with E-state index in [1.54, 1.807) is 6.33 Å². The highest BCUT2D eigenvalue weighted by Gasteiger charge is 2.24. The van der Waals surface area contributed by atoms with Crippen molar-refractivity contribution in [3.63, 3.8) is 0 Å². The van der Waals surface area contributed by atoms with Gasteiger partial charge in [0.05, 0.1) is 46.7 Å². The zero-order valence-corrected chi connectivity index (χ0v) is 17.2. The Kier molecular flexibility index (Phi) is 4.86. The van der Waals surface area contributed by atoms with E-state index < -0.39 is 5.97 Å². The summed E-state index contributed by atoms with van der Waals surface area (Å²) in [5.74, 6) is -0.941. The Labute approximate surface area is 179 Å². The molecule has 0 unspecified atom stereocenters. The summed E-state index contributed by atoms with van der Waals surface area (Å²) >= 11 is 0. The smallest absolute Gasteiger partial charge is 0.306 e. The molecule has 0 aliphatic carbocycles. The normalized spacial score (nSPS) is 14.8. The number of aromatic nitrogens is 4. The van der Waals surface area contributed by atoms with E-state index in [-0.39, 0.29) is 5.92 Å². The first kappa shape index (κ1) is 19.2. The molecule has 4 heterocycles. The Morgan fingerprint density at radius 1 is 1.13 bits per heavy atom. The van der Waals surface area contributed by atoms with Gasteiger partial charge in [-0.1, -0.05) is 12.1 Å². The van der Waals surface area contributed by atoms with Crippen molar-refractivity contribution in [2.24, 2.45) is 5.92 Å². The fraction of sp³-hybridized carbons (Fsp3) is 0.250. The number of aromatic amines is 1. The van der Waals surface area contributed by atoms with Crippen molar-refractivity contribution in [1.82, 2.24) is 19.9 Å². The highest BCUT2D eigenvalue weighted by Crippen LogP contribution is 2.31. The number of pyridine rings is 2. The molecule has 0 radical (unpaired) electrons. The first-order valence-electron chi connectivity index (χ1n) is 10.4. The summed E-state index contributed by atoms with van der Waals surface area (Å²) in [6.07, 6.45) is 4.89. The van der Waals surface area contributed by atoms with Gasteiger partial charge in [-0.25, -0.2) is 4.98 Å². The lowest BCUT2D eigenvalue weighted by Gasteiger charge is -2.31. The van der Waals surface area contributed by atoms with Crippen molar-refractivity contribution in [3.05, 3.63) is 60.7 Å². The molecule has 0 atom stereocenters. The molecule has 0 saturated carbocycles. The number of carbonyl (C=O) groups is 1. The molecule has 2 N–H and O–H groups in total. The maximum absolute atomic E-state index is 11.2. The van der Waals surface area contributed by atoms with E-state index in [4.69, 9.17) is 0 Å². The van der Waals surface area contributed by atoms with Gasteiger partial charge >= 0.3 is 5.97 Å². The molecule has 4 aromatic rings. The third-order valence-corrected chi connectivity index (χ3v) is 5.93. The summed E-state index contributed by atoms with van der Waals surface area (Å²) < 4.78 is 0. The number of nitrogens with zero attached hydrogens (tertiary/aromatic N) is 4. The summed E-state index contributed by atoms with van der Waals surface area (Å²) in [6.45, 7) is 3.43. The molecule has 7 nitrogen and oxygen atoms in total. The number of imidazole rings is 1. The van der Waals surface area contributed by atoms with Crippen LogP contribution in [0.1, 0.15) is 18.5 Å². The number of hydrogen-bond donors (Lipinski definition) is 2. The van der Waals surface area contributed by atoms with Gasteiger partial charge in [0.25, 0.3) is 0 Å². The minimum Gasteiger partial charge on any atom is -0.481 e. The molecule has 3 aromatic heterocycles. The molecule has 31 heavy (non-hydrogen) atoms. The Bertz CT molecular complexity index is 1260. The molecule has 0 amide bonds. The van der Waals surface area contributed by atoms with Gasteiger partial charge in [-0.15, -0.1) is 0 Å². The van der Waals surface area contributed by atoms with Crippen LogP contribution in [0.5, 0.6) is 0 Å². The summed E-state index contributed by atoms with van der Waals surface area (Å²) in [5, 5.41) is 10.3. The number of carboxylic acids is 1. The molecule has 1 saturated heterocycles. The minimum absolute atomic E-state index is 0.246. The van der Waals surface area contributed by atoms with Crippen LogP contribution >= 0.6 is 0 Å². The van der Waals surface area contributed by atoms with Crippen LogP contribution in [0, 0.1) is 12.8 Å². The molecule has 7 heteroatoms. The number of aliphatic carboxylic acids is 1. The van der Waals surface area contributed by atoms with Gasteiger partial charge in [-0.2, -0.15) is 0 Å². The fourth-order valence-electron chi connectivity index (χ4n) is 4.22. The summed E-state index contributed by atoms with van der Waals surface area (Å²) in [5.41, 5.74) is 6.50. The van der Waals surface area contributed by atoms with E-state index >= 15 is 0 Å². The number of benzene rings is 1. The van der Waals surface area contributed by atoms with Crippen LogP contribution < -0.4 is 4.90 Å². The highest BCUT2D eigenvalue weighted by atomic mass is 16.4. The van der Waals surface area contributed by atoms with Gasteiger partial charge in [-0.05, 0) is 50.1 Å². The molecule has 5 rings (SSSR count). The van der Waals surface area contributed by atoms with Crippen LogP contribution in [0.4, 0.5) is 5.69 Å². The molecule has 0 bridgehead atoms. The third kappa shape index (κ3) is 3.74. The number of H-pyrrole nitrogens is 1. The molecule has 1 aliphatic heterocycles. The number of fused-ring (bicyclic) bond motifs is 1. The average molecular weight is 413 g/mol. The highest BCUT2D eigenvalue weighted by molar-refractivity contribution is 5.88. The Morgan fingerprint density at radius 2 is 1.97 bits per heavy atom. The second-order valence-corrected chi connectivity index (χ2v) is 7.99. The maximum atomic E-state index is 11.2. The summed E-state index contributed by atoms with van der Waals surface area (Å²) in [6, 6.07) is 14.2. The molecule has 1 aliphatic rings. The van der Waals surface area contributed by atoms with Gasteiger partial charge in [0.2, 0.25) is 0 Å². The number of piperidine rings is 1. The molecular weight excluding hydrogens is 390 g/mol. The number of anilines is 1. The predicted molar refractivity (Wildman–Crippen MR) is 120 cm³/mol. The van der Waals surface area contributed by atoms with E-state index in [1.165, 1.54) is 0 Å². The van der Waals surface area contributed by atoms with Crippen LogP contribution in [-0.2, 0) is 4.79 Å². The number of rotatable bonds is 4. The Hall–Kier alpha value is -3.74. The van der Waals surface area contributed by atoms with Crippen LogP contribution in [-0.4, -0.2) is 44.1 Å². The molecular formula is C24H23N5O2. The summed E-state index contributed by atoms with van der Waals surface area (Å²) in [4.78, 5) is 30.5. The van der Waals surface area contributed by atoms with Crippen LogP contribution in [0.15, 0.2) is 55.0 Å². The Morgan fingerprint density at radius 3 is 2.74 bits per heavy atom. The van der Waals surface area contributed by atoms with Crippen molar-refractivity contribution in [2.75, 3.05) is 18.0 Å². The standard InChI is InChI=1S/C24H23N5O2/c1-15-3-2-4-21(28-15)23-22(26-14-27-23)17-5-6-20-18(11-17)12-19(13-25-20)29-9-7-16(8-10-29)24(30)31/h2-6,11-14,16H,7-10H2,1H3,(H,26,27)(H,30,31). The lowest BCUT2D eigenvalue weighted by Crippen LogP contribution is -2.36. The zero-order valence-electron chi connectivity index (χ0n) is 17.2. The van der Waals surface area contributed by atoms with Gasteiger partial charge in [0.1, 0.15) is 0 Å². The predicted octanol–water partition coefficient (Wildman–Crippen LogP) is 4.30. The lowest BCUT2D eigenvalue weighted by molar-refractivity contribution is -0.142. The lowest BCUT2D eigenvalue weighted by atomic mass is 9.97. The first-order chi connectivity index (χ1) is 15.1. The fourth-order valence-corrected chi connectivity index (χ4v) is 4.22. The van der Waals surface area contributed by atoms with E-state index in [9.17, 15) is 9.90 Å². The monoisotopic (exact) mass is 413 g/mol. The van der Waals surface area contributed by atoms with Crippen molar-refractivity contribution in [1.29, 1.82) is 0 Å². The molecule has 1 fully saturated rings. The second-order valence-electron chi connectivity index (χ2n) is 7.99. The average Bonchev–Trinajstić information content (AvgIpc) is 3.28. The van der Waals surface area contributed by atoms with Gasteiger partial charge in [0, 0.05) is 29.7 Å². The SMILES string of the molecule is Cc1cccc(-c2[nH]cnc2-c2ccc3ncc(N4CCC(C(=O)O)CC4)cc3c2)n1. The Balaban J connectivity index is 1.47. The number of aryl methyl sites for hydroxylation is 1. The van der Waals surface area contributed by atoms with Crippen molar-refractivity contribution in [2.45, 2.75) is 19.8 Å². The van der Waals surface area contributed by atoms with Crippen molar-refractivity contribution < 1.29 is 9.90 Å². The number of hydrogen-bond acceptors (Lipinski definition) is 5. The van der Waals surface area contributed by atoms with Crippen LogP contribution in [0.25, 0.3) is 33.5 Å². The first-order valence-corrected chi connectivity index (χ1v) is 10.4. The summed E-state index contributed by atoms with van der Waals surface area (Å²) in [7, 11) is 0.